The normalized spacial score (nSPS) is 12.1. The number of urea groups is 1. The lowest BCUT2D eigenvalue weighted by Gasteiger charge is -2.20. The molecular formula is C18H30FN3O3S. The second-order valence-corrected chi connectivity index (χ2v) is 9.14. The highest BCUT2D eigenvalue weighted by molar-refractivity contribution is 7.90. The van der Waals surface area contributed by atoms with Crippen molar-refractivity contribution in [2.45, 2.75) is 46.0 Å². The Morgan fingerprint density at radius 3 is 2.04 bits per heavy atom. The summed E-state index contributed by atoms with van der Waals surface area (Å²) in [5.74, 6) is -0.583. The molecule has 6 nitrogen and oxygen atoms in total. The average Bonchev–Trinajstić information content (AvgIpc) is 2.46. The van der Waals surface area contributed by atoms with Gasteiger partial charge in [0.05, 0.1) is 5.75 Å². The third kappa shape index (κ3) is 6.92. The molecule has 0 unspecified atom stereocenters. The van der Waals surface area contributed by atoms with E-state index in [1.165, 1.54) is 12.1 Å². The van der Waals surface area contributed by atoms with Crippen molar-refractivity contribution in [3.8, 4) is 0 Å². The first-order chi connectivity index (χ1) is 11.9. The Labute approximate surface area is 156 Å². The van der Waals surface area contributed by atoms with Gasteiger partial charge in [-0.2, -0.15) is 0 Å². The largest absolute Gasteiger partial charge is 0.332 e. The first kappa shape index (κ1) is 22.4. The van der Waals surface area contributed by atoms with E-state index < -0.39 is 16.1 Å². The molecule has 1 aromatic carbocycles. The zero-order valence-electron chi connectivity index (χ0n) is 16.4. The average molecular weight is 388 g/mol. The number of anilines is 1. The van der Waals surface area contributed by atoms with Gasteiger partial charge in [-0.3, -0.25) is 0 Å². The minimum absolute atomic E-state index is 0.0322. The maximum atomic E-state index is 13.9. The van der Waals surface area contributed by atoms with Crippen LogP contribution in [0.3, 0.4) is 0 Å². The third-order valence-electron chi connectivity index (χ3n) is 3.91. The van der Waals surface area contributed by atoms with E-state index in [1.54, 1.807) is 0 Å². The molecule has 0 spiro atoms. The van der Waals surface area contributed by atoms with Crippen molar-refractivity contribution in [1.29, 1.82) is 0 Å². The fraction of sp³-hybridized carbons (Fsp3) is 0.611. The van der Waals surface area contributed by atoms with E-state index in [4.69, 9.17) is 0 Å². The Balaban J connectivity index is 2.98. The zero-order valence-corrected chi connectivity index (χ0v) is 17.2. The van der Waals surface area contributed by atoms with Crippen LogP contribution < -0.4 is 10.0 Å². The lowest BCUT2D eigenvalue weighted by atomic mass is 9.92. The lowest BCUT2D eigenvalue weighted by Crippen LogP contribution is -2.37. The number of carbonyl (C=O) groups is 1. The summed E-state index contributed by atoms with van der Waals surface area (Å²) in [5.41, 5.74) is 1.74. The molecule has 0 atom stereocenters. The number of hydrogen-bond acceptors (Lipinski definition) is 4. The molecule has 0 fully saturated rings. The van der Waals surface area contributed by atoms with Gasteiger partial charge in [-0.15, -0.1) is 0 Å². The predicted molar refractivity (Wildman–Crippen MR) is 104 cm³/mol. The SMILES string of the molecule is CC(C)c1cc(F)cc(C(C)C)c1NC(=O)NS(=O)(=O)CCCN(C)C. The summed E-state index contributed by atoms with van der Waals surface area (Å²) >= 11 is 0. The van der Waals surface area contributed by atoms with Gasteiger partial charge >= 0.3 is 6.03 Å². The van der Waals surface area contributed by atoms with Crippen LogP contribution in [0.5, 0.6) is 0 Å². The van der Waals surface area contributed by atoms with Crippen molar-refractivity contribution in [2.75, 3.05) is 31.7 Å². The van der Waals surface area contributed by atoms with Crippen LogP contribution in [-0.4, -0.2) is 45.7 Å². The monoisotopic (exact) mass is 387 g/mol. The molecule has 0 saturated heterocycles. The molecule has 0 radical (unpaired) electrons. The second-order valence-electron chi connectivity index (χ2n) is 7.30. The van der Waals surface area contributed by atoms with Crippen LogP contribution in [0.15, 0.2) is 12.1 Å². The number of nitrogens with zero attached hydrogens (tertiary/aromatic N) is 1. The van der Waals surface area contributed by atoms with Crippen molar-refractivity contribution in [1.82, 2.24) is 9.62 Å². The fourth-order valence-corrected chi connectivity index (χ4v) is 3.55. The molecule has 0 bridgehead atoms. The summed E-state index contributed by atoms with van der Waals surface area (Å²) < 4.78 is 40.1. The smallest absolute Gasteiger partial charge is 0.309 e. The summed E-state index contributed by atoms with van der Waals surface area (Å²) in [6.07, 6.45) is 0.417. The molecule has 8 heteroatoms. The number of halogens is 1. The van der Waals surface area contributed by atoms with Gasteiger partial charge in [0.15, 0.2) is 0 Å². The second kappa shape index (κ2) is 9.32. The molecule has 148 valence electrons. The van der Waals surface area contributed by atoms with Crippen LogP contribution >= 0.6 is 0 Å². The summed E-state index contributed by atoms with van der Waals surface area (Å²) in [7, 11) is -0.0350. The van der Waals surface area contributed by atoms with Crippen LogP contribution in [0.2, 0.25) is 0 Å². The maximum Gasteiger partial charge on any atom is 0.332 e. The Morgan fingerprint density at radius 1 is 1.12 bits per heavy atom. The van der Waals surface area contributed by atoms with Crippen molar-refractivity contribution in [3.05, 3.63) is 29.1 Å². The van der Waals surface area contributed by atoms with Gasteiger partial charge in [0, 0.05) is 5.69 Å². The molecule has 0 aliphatic carbocycles. The van der Waals surface area contributed by atoms with Crippen LogP contribution in [0, 0.1) is 5.82 Å². The molecule has 2 amide bonds. The van der Waals surface area contributed by atoms with Crippen molar-refractivity contribution < 1.29 is 17.6 Å². The summed E-state index contributed by atoms with van der Waals surface area (Å²) in [6, 6.07) is 1.92. The van der Waals surface area contributed by atoms with Gasteiger partial charge < -0.3 is 10.2 Å². The highest BCUT2D eigenvalue weighted by Gasteiger charge is 2.20. The number of rotatable bonds is 8. The predicted octanol–water partition coefficient (Wildman–Crippen LogP) is 3.48. The van der Waals surface area contributed by atoms with E-state index in [0.29, 0.717) is 29.8 Å². The van der Waals surface area contributed by atoms with Crippen LogP contribution in [0.25, 0.3) is 0 Å². The van der Waals surface area contributed by atoms with Crippen molar-refractivity contribution in [3.63, 3.8) is 0 Å². The highest BCUT2D eigenvalue weighted by Crippen LogP contribution is 2.33. The number of benzene rings is 1. The van der Waals surface area contributed by atoms with E-state index in [-0.39, 0.29) is 23.4 Å². The van der Waals surface area contributed by atoms with Gasteiger partial charge in [-0.05, 0) is 62.2 Å². The highest BCUT2D eigenvalue weighted by atomic mass is 32.2. The number of carbonyl (C=O) groups excluding carboxylic acids is 1. The van der Waals surface area contributed by atoms with Crippen LogP contribution in [0.1, 0.15) is 57.1 Å². The molecule has 0 aliphatic heterocycles. The summed E-state index contributed by atoms with van der Waals surface area (Å²) in [5, 5.41) is 2.62. The van der Waals surface area contributed by atoms with Gasteiger partial charge in [0.25, 0.3) is 0 Å². The van der Waals surface area contributed by atoms with Gasteiger partial charge in [0.1, 0.15) is 5.82 Å². The standard InChI is InChI=1S/C18H30FN3O3S/c1-12(2)15-10-14(19)11-16(13(3)4)17(15)20-18(23)21-26(24,25)9-7-8-22(5)6/h10-13H,7-9H2,1-6H3,(H2,20,21,23). The molecule has 2 N–H and O–H groups in total. The van der Waals surface area contributed by atoms with Crippen LogP contribution in [0.4, 0.5) is 14.9 Å². The third-order valence-corrected chi connectivity index (χ3v) is 5.24. The van der Waals surface area contributed by atoms with Gasteiger partial charge in [0.2, 0.25) is 10.0 Å². The molecule has 1 rings (SSSR count). The van der Waals surface area contributed by atoms with E-state index in [9.17, 15) is 17.6 Å². The molecule has 0 aliphatic rings. The quantitative estimate of drug-likeness (QED) is 0.716. The summed E-state index contributed by atoms with van der Waals surface area (Å²) in [6.45, 7) is 8.16. The zero-order chi connectivity index (χ0) is 20.1. The Kier molecular flexibility index (Phi) is 8.02. The first-order valence-electron chi connectivity index (χ1n) is 8.72. The molecule has 0 heterocycles. The lowest BCUT2D eigenvalue weighted by molar-refractivity contribution is 0.256. The molecule has 0 aromatic heterocycles. The van der Waals surface area contributed by atoms with Crippen molar-refractivity contribution in [2.24, 2.45) is 0 Å². The van der Waals surface area contributed by atoms with Gasteiger partial charge in [-0.1, -0.05) is 27.7 Å². The number of amides is 2. The topological polar surface area (TPSA) is 78.5 Å². The van der Waals surface area contributed by atoms with E-state index in [0.717, 1.165) is 0 Å². The number of sulfonamides is 1. The minimum Gasteiger partial charge on any atom is -0.309 e. The first-order valence-corrected chi connectivity index (χ1v) is 10.4. The molecule has 26 heavy (non-hydrogen) atoms. The number of hydrogen-bond donors (Lipinski definition) is 2. The Bertz CT molecular complexity index is 702. The van der Waals surface area contributed by atoms with E-state index in [2.05, 4.69) is 5.32 Å². The summed E-state index contributed by atoms with van der Waals surface area (Å²) in [4.78, 5) is 14.1. The minimum atomic E-state index is -3.73. The molecule has 1 aromatic rings. The molecule has 0 saturated carbocycles. The van der Waals surface area contributed by atoms with Crippen molar-refractivity contribution >= 4 is 21.7 Å². The van der Waals surface area contributed by atoms with Crippen LogP contribution in [-0.2, 0) is 10.0 Å². The fourth-order valence-electron chi connectivity index (χ4n) is 2.61. The maximum absolute atomic E-state index is 13.9. The van der Waals surface area contributed by atoms with Gasteiger partial charge in [-0.25, -0.2) is 22.3 Å². The Hall–Kier alpha value is -1.67. The van der Waals surface area contributed by atoms with E-state index in [1.807, 2.05) is 51.4 Å². The molecular weight excluding hydrogens is 357 g/mol. The number of nitrogens with one attached hydrogen (secondary N) is 2. The Morgan fingerprint density at radius 2 is 1.62 bits per heavy atom. The van der Waals surface area contributed by atoms with E-state index >= 15 is 0 Å².